The molecule has 2 nitrogen and oxygen atoms in total. The van der Waals surface area contributed by atoms with Crippen LogP contribution in [0.15, 0.2) is 12.2 Å². The summed E-state index contributed by atoms with van der Waals surface area (Å²) in [5.74, 6) is 5.01. The predicted molar refractivity (Wildman–Crippen MR) is 116 cm³/mol. The average molecular weight is 425 g/mol. The molecule has 0 aromatic heterocycles. The molecular weight excluding hydrogens is 382 g/mol. The highest BCUT2D eigenvalue weighted by Crippen LogP contribution is 2.44. The normalized spacial score (nSPS) is 43.2. The summed E-state index contributed by atoms with van der Waals surface area (Å²) in [4.78, 5) is 0. The maximum Gasteiger partial charge on any atom is 0.266 e. The van der Waals surface area contributed by atoms with Crippen LogP contribution in [0.2, 0.25) is 0 Å². The van der Waals surface area contributed by atoms with Crippen LogP contribution in [-0.4, -0.2) is 19.5 Å². The molecule has 4 fully saturated rings. The van der Waals surface area contributed by atoms with E-state index in [1.54, 1.807) is 0 Å². The fourth-order valence-electron chi connectivity index (χ4n) is 6.87. The van der Waals surface area contributed by atoms with E-state index in [2.05, 4.69) is 6.92 Å². The Hall–Kier alpha value is -0.480. The van der Waals surface area contributed by atoms with E-state index >= 15 is 0 Å². The summed E-state index contributed by atoms with van der Waals surface area (Å²) in [6, 6.07) is 0. The molecule has 172 valence electrons. The van der Waals surface area contributed by atoms with Crippen LogP contribution in [0.5, 0.6) is 0 Å². The molecule has 0 atom stereocenters. The number of hydrogen-bond acceptors (Lipinski definition) is 2. The fraction of sp³-hybridized carbons (Fsp3) is 0.923. The summed E-state index contributed by atoms with van der Waals surface area (Å²) >= 11 is 0. The molecule has 0 N–H and O–H groups in total. The number of halogens is 2. The lowest BCUT2D eigenvalue weighted by atomic mass is 9.67. The van der Waals surface area contributed by atoms with Crippen LogP contribution in [0.1, 0.15) is 90.4 Å². The van der Waals surface area contributed by atoms with Gasteiger partial charge in [0.1, 0.15) is 0 Å². The summed E-state index contributed by atoms with van der Waals surface area (Å²) in [7, 11) is 0. The minimum Gasteiger partial charge on any atom is -0.352 e. The van der Waals surface area contributed by atoms with Crippen LogP contribution < -0.4 is 0 Å². The van der Waals surface area contributed by atoms with Crippen molar-refractivity contribution >= 4 is 0 Å². The predicted octanol–water partition coefficient (Wildman–Crippen LogP) is 7.59. The molecule has 0 aromatic rings. The monoisotopic (exact) mass is 424 g/mol. The van der Waals surface area contributed by atoms with Crippen molar-refractivity contribution in [3.8, 4) is 0 Å². The molecular formula is C26H42F2O2. The second kappa shape index (κ2) is 10.9. The Morgan fingerprint density at radius 3 is 1.67 bits per heavy atom. The zero-order valence-corrected chi connectivity index (χ0v) is 18.9. The smallest absolute Gasteiger partial charge is 0.266 e. The van der Waals surface area contributed by atoms with Crippen LogP contribution in [0, 0.1) is 41.4 Å². The van der Waals surface area contributed by atoms with Gasteiger partial charge in [0.2, 0.25) is 0 Å². The van der Waals surface area contributed by atoms with Gasteiger partial charge in [0.05, 0.1) is 13.2 Å². The number of allylic oxidation sites excluding steroid dienone is 1. The van der Waals surface area contributed by atoms with E-state index in [4.69, 9.17) is 9.47 Å². The van der Waals surface area contributed by atoms with E-state index in [9.17, 15) is 8.78 Å². The van der Waals surface area contributed by atoms with Crippen molar-refractivity contribution in [3.63, 3.8) is 0 Å². The zero-order valence-electron chi connectivity index (χ0n) is 18.9. The van der Waals surface area contributed by atoms with Gasteiger partial charge < -0.3 is 9.47 Å². The third kappa shape index (κ3) is 6.06. The maximum absolute atomic E-state index is 12.3. The van der Waals surface area contributed by atoms with E-state index in [-0.39, 0.29) is 6.29 Å². The Labute approximate surface area is 182 Å². The van der Waals surface area contributed by atoms with Crippen molar-refractivity contribution in [2.24, 2.45) is 41.4 Å². The van der Waals surface area contributed by atoms with Gasteiger partial charge in [-0.25, -0.2) is 0 Å². The molecule has 1 aliphatic heterocycles. The Balaban J connectivity index is 1.14. The van der Waals surface area contributed by atoms with Crippen LogP contribution >= 0.6 is 0 Å². The summed E-state index contributed by atoms with van der Waals surface area (Å²) in [5, 5.41) is 0. The standard InChI is InChI=1S/C26H42F2O2/c1-18-2-7-23(8-3-18)26-29-16-24(17-30-26)22-13-11-21(12-14-22)20-9-4-19(5-10-20)6-15-25(27)28/h15,18-24,26H,2-14,16-17H2,1H3. The van der Waals surface area contributed by atoms with Crippen LogP contribution in [-0.2, 0) is 9.47 Å². The molecule has 1 heterocycles. The van der Waals surface area contributed by atoms with Gasteiger partial charge in [-0.1, -0.05) is 19.8 Å². The number of rotatable bonds is 5. The van der Waals surface area contributed by atoms with E-state index in [0.29, 0.717) is 24.2 Å². The molecule has 0 radical (unpaired) electrons. The first kappa shape index (κ1) is 22.7. The van der Waals surface area contributed by atoms with Gasteiger partial charge in [0, 0.05) is 11.8 Å². The maximum atomic E-state index is 12.3. The molecule has 0 bridgehead atoms. The topological polar surface area (TPSA) is 18.5 Å². The summed E-state index contributed by atoms with van der Waals surface area (Å²) in [5.41, 5.74) is 0. The van der Waals surface area contributed by atoms with Crippen molar-refractivity contribution in [1.29, 1.82) is 0 Å². The molecule has 0 aromatic carbocycles. The second-order valence-electron chi connectivity index (χ2n) is 11.0. The highest BCUT2D eigenvalue weighted by atomic mass is 19.3. The van der Waals surface area contributed by atoms with E-state index in [1.807, 2.05) is 0 Å². The molecule has 1 saturated heterocycles. The molecule has 4 aliphatic rings. The van der Waals surface area contributed by atoms with Crippen molar-refractivity contribution < 1.29 is 18.3 Å². The lowest BCUT2D eigenvalue weighted by Crippen LogP contribution is -2.41. The molecule has 0 spiro atoms. The number of hydrogen-bond donors (Lipinski definition) is 0. The van der Waals surface area contributed by atoms with Crippen LogP contribution in [0.4, 0.5) is 8.78 Å². The molecule has 30 heavy (non-hydrogen) atoms. The first-order valence-electron chi connectivity index (χ1n) is 12.8. The van der Waals surface area contributed by atoms with Crippen LogP contribution in [0.25, 0.3) is 0 Å². The number of ether oxygens (including phenoxy) is 2. The fourth-order valence-corrected chi connectivity index (χ4v) is 6.87. The Morgan fingerprint density at radius 1 is 0.667 bits per heavy atom. The summed E-state index contributed by atoms with van der Waals surface area (Å²) in [6.07, 6.45) is 15.6. The lowest BCUT2D eigenvalue weighted by molar-refractivity contribution is -0.237. The zero-order chi connectivity index (χ0) is 20.9. The molecule has 4 heteroatoms. The lowest BCUT2D eigenvalue weighted by Gasteiger charge is -2.42. The minimum absolute atomic E-state index is 0.0565. The minimum atomic E-state index is -1.51. The third-order valence-electron chi connectivity index (χ3n) is 9.04. The Kier molecular flexibility index (Phi) is 8.25. The molecule has 0 amide bonds. The largest absolute Gasteiger partial charge is 0.352 e. The first-order valence-corrected chi connectivity index (χ1v) is 12.8. The Morgan fingerprint density at radius 2 is 1.13 bits per heavy atom. The van der Waals surface area contributed by atoms with Crippen LogP contribution in [0.3, 0.4) is 0 Å². The van der Waals surface area contributed by atoms with E-state index < -0.39 is 6.08 Å². The highest BCUT2D eigenvalue weighted by molar-refractivity contribution is 4.88. The van der Waals surface area contributed by atoms with Gasteiger partial charge in [-0.15, -0.1) is 0 Å². The van der Waals surface area contributed by atoms with E-state index in [0.717, 1.165) is 55.8 Å². The van der Waals surface area contributed by atoms with Gasteiger partial charge in [-0.3, -0.25) is 0 Å². The molecule has 3 aliphatic carbocycles. The SMILES string of the molecule is CC1CCC(C2OCC(C3CCC(C4CCC(CC=C(F)F)CC4)CC3)CO2)CC1. The molecule has 0 unspecified atom stereocenters. The third-order valence-corrected chi connectivity index (χ3v) is 9.04. The molecule has 3 saturated carbocycles. The first-order chi connectivity index (χ1) is 14.6. The molecule has 4 rings (SSSR count). The van der Waals surface area contributed by atoms with Gasteiger partial charge in [-0.2, -0.15) is 8.78 Å². The van der Waals surface area contributed by atoms with Gasteiger partial charge in [-0.05, 0) is 106 Å². The van der Waals surface area contributed by atoms with Crippen molar-refractivity contribution in [1.82, 2.24) is 0 Å². The average Bonchev–Trinajstić information content (AvgIpc) is 2.79. The van der Waals surface area contributed by atoms with Gasteiger partial charge in [0.25, 0.3) is 6.08 Å². The Bertz CT molecular complexity index is 529. The van der Waals surface area contributed by atoms with E-state index in [1.165, 1.54) is 64.2 Å². The van der Waals surface area contributed by atoms with Gasteiger partial charge >= 0.3 is 0 Å². The van der Waals surface area contributed by atoms with Crippen molar-refractivity contribution in [3.05, 3.63) is 12.2 Å². The summed E-state index contributed by atoms with van der Waals surface area (Å²) in [6.45, 7) is 4.16. The summed E-state index contributed by atoms with van der Waals surface area (Å²) < 4.78 is 37.1. The van der Waals surface area contributed by atoms with Crippen molar-refractivity contribution in [2.45, 2.75) is 96.7 Å². The van der Waals surface area contributed by atoms with Gasteiger partial charge in [0.15, 0.2) is 6.29 Å². The quantitative estimate of drug-likeness (QED) is 0.453. The van der Waals surface area contributed by atoms with Crippen molar-refractivity contribution in [2.75, 3.05) is 13.2 Å². The highest BCUT2D eigenvalue weighted by Gasteiger charge is 2.37. The second-order valence-corrected chi connectivity index (χ2v) is 11.0.